The summed E-state index contributed by atoms with van der Waals surface area (Å²) in [6.45, 7) is 6.72. The number of rotatable bonds is 8. The molecule has 0 spiro atoms. The van der Waals surface area contributed by atoms with Crippen LogP contribution >= 0.6 is 12.2 Å². The first-order chi connectivity index (χ1) is 11.8. The van der Waals surface area contributed by atoms with E-state index in [1.807, 2.05) is 24.3 Å². The maximum atomic E-state index is 10.2. The molecule has 1 aliphatic carbocycles. The number of ether oxygens (including phenoxy) is 1. The minimum absolute atomic E-state index is 0.0688. The zero-order chi connectivity index (χ0) is 18.4. The zero-order valence-electron chi connectivity index (χ0n) is 15.3. The van der Waals surface area contributed by atoms with Gasteiger partial charge in [0.15, 0.2) is 11.5 Å². The summed E-state index contributed by atoms with van der Waals surface area (Å²) in [7, 11) is 0. The number of phenolic OH excluding ortho intramolecular Hbond substituents is 2. The molecule has 0 aromatic heterocycles. The van der Waals surface area contributed by atoms with Gasteiger partial charge in [0.05, 0.1) is 0 Å². The van der Waals surface area contributed by atoms with Gasteiger partial charge < -0.3 is 14.9 Å². The Balaban J connectivity index is 2.16. The lowest BCUT2D eigenvalue weighted by Crippen LogP contribution is -2.17. The van der Waals surface area contributed by atoms with Crippen molar-refractivity contribution < 1.29 is 14.9 Å². The average Bonchev–Trinajstić information content (AvgIpc) is 2.56. The van der Waals surface area contributed by atoms with E-state index in [1.165, 1.54) is 12.8 Å². The van der Waals surface area contributed by atoms with Crippen molar-refractivity contribution in [1.29, 1.82) is 0 Å². The number of thiocarbonyl (C=S) groups is 1. The number of hydrogen-bond acceptors (Lipinski definition) is 4. The van der Waals surface area contributed by atoms with E-state index < -0.39 is 0 Å². The van der Waals surface area contributed by atoms with E-state index in [1.54, 1.807) is 6.07 Å². The minimum atomic E-state index is -0.115. The molecule has 0 saturated carbocycles. The Morgan fingerprint density at radius 2 is 1.96 bits per heavy atom. The fourth-order valence-corrected chi connectivity index (χ4v) is 3.16. The summed E-state index contributed by atoms with van der Waals surface area (Å²) in [4.78, 5) is 0.829. The second-order valence-corrected chi connectivity index (χ2v) is 7.78. The Hall–Kier alpha value is -1.81. The van der Waals surface area contributed by atoms with E-state index in [2.05, 4.69) is 20.8 Å². The van der Waals surface area contributed by atoms with Gasteiger partial charge in [-0.3, -0.25) is 0 Å². The van der Waals surface area contributed by atoms with E-state index in [0.717, 1.165) is 29.7 Å². The van der Waals surface area contributed by atoms with Gasteiger partial charge >= 0.3 is 0 Å². The van der Waals surface area contributed by atoms with Gasteiger partial charge in [-0.05, 0) is 41.7 Å². The molecule has 0 amide bonds. The van der Waals surface area contributed by atoms with Gasteiger partial charge in [-0.25, -0.2) is 0 Å². The van der Waals surface area contributed by atoms with Gasteiger partial charge in [0.2, 0.25) is 0 Å². The predicted molar refractivity (Wildman–Crippen MR) is 106 cm³/mol. The summed E-state index contributed by atoms with van der Waals surface area (Å²) in [5.41, 5.74) is 1.53. The van der Waals surface area contributed by atoms with E-state index in [4.69, 9.17) is 17.0 Å². The van der Waals surface area contributed by atoms with Crippen LogP contribution in [0.4, 0.5) is 0 Å². The third-order valence-corrected chi connectivity index (χ3v) is 4.94. The molecule has 3 nitrogen and oxygen atoms in total. The minimum Gasteiger partial charge on any atom is -0.504 e. The Bertz CT molecular complexity index is 687. The smallest absolute Gasteiger partial charge is 0.164 e. The second kappa shape index (κ2) is 8.52. The van der Waals surface area contributed by atoms with Crippen molar-refractivity contribution >= 4 is 17.1 Å². The third-order valence-electron chi connectivity index (χ3n) is 4.65. The first-order valence-electron chi connectivity index (χ1n) is 8.92. The van der Waals surface area contributed by atoms with Crippen LogP contribution in [-0.4, -0.2) is 15.1 Å². The van der Waals surface area contributed by atoms with Crippen LogP contribution in [0.5, 0.6) is 11.5 Å². The largest absolute Gasteiger partial charge is 0.504 e. The van der Waals surface area contributed by atoms with Gasteiger partial charge in [0.1, 0.15) is 12.4 Å². The van der Waals surface area contributed by atoms with E-state index in [-0.39, 0.29) is 23.5 Å². The maximum absolute atomic E-state index is 10.2. The first-order valence-corrected chi connectivity index (χ1v) is 9.33. The predicted octanol–water partition coefficient (Wildman–Crippen LogP) is 5.69. The van der Waals surface area contributed by atoms with Crippen LogP contribution in [0.1, 0.15) is 64.0 Å². The van der Waals surface area contributed by atoms with Crippen molar-refractivity contribution in [1.82, 2.24) is 0 Å². The molecule has 0 fully saturated rings. The zero-order valence-corrected chi connectivity index (χ0v) is 16.2. The second-order valence-electron chi connectivity index (χ2n) is 7.25. The van der Waals surface area contributed by atoms with Crippen LogP contribution in [0.2, 0.25) is 0 Å². The van der Waals surface area contributed by atoms with Crippen molar-refractivity contribution in [2.24, 2.45) is 0 Å². The summed E-state index contributed by atoms with van der Waals surface area (Å²) >= 11 is 5.18. The van der Waals surface area contributed by atoms with Crippen molar-refractivity contribution in [3.8, 4) is 11.5 Å². The van der Waals surface area contributed by atoms with E-state index >= 15 is 0 Å². The molecule has 1 aromatic carbocycles. The number of phenols is 2. The van der Waals surface area contributed by atoms with Crippen LogP contribution in [0.15, 0.2) is 36.1 Å². The first kappa shape index (κ1) is 19.5. The lowest BCUT2D eigenvalue weighted by Gasteiger charge is -2.26. The molecule has 0 heterocycles. The normalized spacial score (nSPS) is 14.5. The molecule has 136 valence electrons. The third kappa shape index (κ3) is 5.33. The molecule has 0 saturated heterocycles. The van der Waals surface area contributed by atoms with Crippen molar-refractivity contribution in [2.75, 3.05) is 0 Å². The molecule has 4 heteroatoms. The van der Waals surface area contributed by atoms with Crippen molar-refractivity contribution in [2.45, 2.75) is 64.9 Å². The molecular weight excluding hydrogens is 332 g/mol. The number of benzene rings is 1. The van der Waals surface area contributed by atoms with Crippen LogP contribution in [-0.2, 0) is 16.8 Å². The summed E-state index contributed by atoms with van der Waals surface area (Å²) in [5, 5.41) is 20.3. The van der Waals surface area contributed by atoms with Gasteiger partial charge in [-0.1, -0.05) is 58.3 Å². The monoisotopic (exact) mass is 360 g/mol. The lowest BCUT2D eigenvalue weighted by molar-refractivity contribution is 0.206. The average molecular weight is 361 g/mol. The van der Waals surface area contributed by atoms with Gasteiger partial charge in [-0.15, -0.1) is 0 Å². The number of hydrogen-bond donors (Lipinski definition) is 2. The summed E-state index contributed by atoms with van der Waals surface area (Å²) in [6.07, 6.45) is 11.0. The Morgan fingerprint density at radius 1 is 1.20 bits per heavy atom. The van der Waals surface area contributed by atoms with E-state index in [0.29, 0.717) is 11.3 Å². The molecule has 0 atom stereocenters. The topological polar surface area (TPSA) is 49.7 Å². The molecule has 1 aromatic rings. The molecular formula is C21H28O3S. The highest BCUT2D eigenvalue weighted by atomic mass is 32.1. The van der Waals surface area contributed by atoms with Crippen molar-refractivity contribution in [3.05, 3.63) is 47.2 Å². The maximum Gasteiger partial charge on any atom is 0.164 e. The molecule has 0 unspecified atom stereocenters. The summed E-state index contributed by atoms with van der Waals surface area (Å²) in [6, 6.07) is 3.60. The van der Waals surface area contributed by atoms with Gasteiger partial charge in [-0.2, -0.15) is 0 Å². The standard InChI is InChI=1S/C21H28O3S/c1-4-5-6-10-21(2,3)16-11-15(20(23)19(22)12-16)14-24-17-8-7-9-18(25)13-17/h7-8,11-13,22-23H,4-6,9-10,14H2,1-3H3. The molecule has 2 rings (SSSR count). The van der Waals surface area contributed by atoms with Crippen LogP contribution in [0, 0.1) is 0 Å². The highest BCUT2D eigenvalue weighted by molar-refractivity contribution is 7.80. The lowest BCUT2D eigenvalue weighted by atomic mass is 9.79. The van der Waals surface area contributed by atoms with Crippen LogP contribution in [0.25, 0.3) is 0 Å². The highest BCUT2D eigenvalue weighted by Crippen LogP contribution is 2.38. The SMILES string of the molecule is CCCCCC(C)(C)c1cc(O)c(O)c(COC2=CC(=S)CC=C2)c1. The van der Waals surface area contributed by atoms with Gasteiger partial charge in [0, 0.05) is 16.8 Å². The molecule has 0 radical (unpaired) electrons. The van der Waals surface area contributed by atoms with Crippen molar-refractivity contribution in [3.63, 3.8) is 0 Å². The summed E-state index contributed by atoms with van der Waals surface area (Å²) in [5.74, 6) is 0.474. The fourth-order valence-electron chi connectivity index (χ4n) is 2.95. The quantitative estimate of drug-likeness (QED) is 0.355. The number of aromatic hydroxyl groups is 2. The van der Waals surface area contributed by atoms with Crippen LogP contribution < -0.4 is 0 Å². The number of unbranched alkanes of at least 4 members (excludes halogenated alkanes) is 2. The molecule has 1 aliphatic rings. The Kier molecular flexibility index (Phi) is 6.65. The fraction of sp³-hybridized carbons (Fsp3) is 0.476. The Labute approximate surface area is 156 Å². The highest BCUT2D eigenvalue weighted by Gasteiger charge is 2.23. The molecule has 2 N–H and O–H groups in total. The molecule has 0 aliphatic heterocycles. The molecule has 25 heavy (non-hydrogen) atoms. The molecule has 0 bridgehead atoms. The van der Waals surface area contributed by atoms with E-state index in [9.17, 15) is 10.2 Å². The Morgan fingerprint density at radius 3 is 2.64 bits per heavy atom. The number of allylic oxidation sites excluding steroid dienone is 3. The summed E-state index contributed by atoms with van der Waals surface area (Å²) < 4.78 is 5.76. The van der Waals surface area contributed by atoms with Crippen LogP contribution in [0.3, 0.4) is 0 Å². The van der Waals surface area contributed by atoms with Gasteiger partial charge in [0.25, 0.3) is 0 Å².